The van der Waals surface area contributed by atoms with Gasteiger partial charge >= 0.3 is 0 Å². The molecule has 7 heteroatoms. The molecule has 0 unspecified atom stereocenters. The molecule has 0 aliphatic carbocycles. The predicted molar refractivity (Wildman–Crippen MR) is 106 cm³/mol. The number of nitrogens with one attached hydrogen (secondary N) is 1. The zero-order valence-corrected chi connectivity index (χ0v) is 16.4. The lowest BCUT2D eigenvalue weighted by atomic mass is 10.0. The average molecular weight is 396 g/mol. The number of halogens is 2. The smallest absolute Gasteiger partial charge is 0.255 e. The summed E-state index contributed by atoms with van der Waals surface area (Å²) in [4.78, 5) is 26.5. The first-order valence-corrected chi connectivity index (χ1v) is 9.65. The summed E-state index contributed by atoms with van der Waals surface area (Å²) in [6.45, 7) is 6.02. The van der Waals surface area contributed by atoms with Gasteiger partial charge in [-0.15, -0.1) is 0 Å². The summed E-state index contributed by atoms with van der Waals surface area (Å²) < 4.78 is 26.5. The molecule has 5 nitrogen and oxygen atoms in total. The number of H-pyrrole nitrogens is 1. The lowest BCUT2D eigenvalue weighted by molar-refractivity contribution is 0.241. The van der Waals surface area contributed by atoms with Crippen molar-refractivity contribution in [2.75, 3.05) is 6.54 Å². The second kappa shape index (κ2) is 7.83. The second-order valence-electron chi connectivity index (χ2n) is 7.67. The molecule has 0 spiro atoms. The highest BCUT2D eigenvalue weighted by Crippen LogP contribution is 2.21. The van der Waals surface area contributed by atoms with Crippen molar-refractivity contribution < 1.29 is 8.78 Å². The molecule has 0 radical (unpaired) electrons. The first kappa shape index (κ1) is 19.4. The maximum absolute atomic E-state index is 13.4. The normalized spacial score (nSPS) is 14.2. The lowest BCUT2D eigenvalue weighted by Gasteiger charge is -2.28. The van der Waals surface area contributed by atoms with E-state index in [-0.39, 0.29) is 11.5 Å². The van der Waals surface area contributed by atoms with Crippen molar-refractivity contribution in [1.29, 1.82) is 0 Å². The van der Waals surface area contributed by atoms with Crippen molar-refractivity contribution in [1.82, 2.24) is 19.9 Å². The topological polar surface area (TPSA) is 61.9 Å². The van der Waals surface area contributed by atoms with E-state index in [2.05, 4.69) is 19.9 Å². The Morgan fingerprint density at radius 3 is 2.69 bits per heavy atom. The highest BCUT2D eigenvalue weighted by atomic mass is 19.2. The predicted octanol–water partition coefficient (Wildman–Crippen LogP) is 3.79. The van der Waals surface area contributed by atoms with Crippen LogP contribution in [-0.2, 0) is 19.5 Å². The van der Waals surface area contributed by atoms with E-state index in [0.29, 0.717) is 24.3 Å². The number of aromatic nitrogens is 3. The molecule has 0 amide bonds. The van der Waals surface area contributed by atoms with Crippen LogP contribution in [0.15, 0.2) is 41.3 Å². The van der Waals surface area contributed by atoms with Crippen LogP contribution in [0.1, 0.15) is 42.4 Å². The molecule has 1 aliphatic rings. The average Bonchev–Trinajstić information content (AvgIpc) is 2.71. The number of aromatic amines is 1. The van der Waals surface area contributed by atoms with E-state index in [1.165, 1.54) is 6.07 Å². The molecule has 4 rings (SSSR count). The Hall–Kier alpha value is -2.93. The Bertz CT molecular complexity index is 1090. The van der Waals surface area contributed by atoms with Gasteiger partial charge in [-0.05, 0) is 29.8 Å². The maximum Gasteiger partial charge on any atom is 0.255 e. The zero-order chi connectivity index (χ0) is 20.5. The molecule has 150 valence electrons. The van der Waals surface area contributed by atoms with Crippen LogP contribution in [0, 0.1) is 11.6 Å². The monoisotopic (exact) mass is 396 g/mol. The van der Waals surface area contributed by atoms with Crippen LogP contribution in [0.25, 0.3) is 11.3 Å². The summed E-state index contributed by atoms with van der Waals surface area (Å²) in [5.41, 5.74) is 3.66. The number of pyridine rings is 1. The minimum atomic E-state index is -0.889. The quantitative estimate of drug-likeness (QED) is 0.729. The van der Waals surface area contributed by atoms with Crippen molar-refractivity contribution in [3.63, 3.8) is 0 Å². The molecule has 3 aromatic rings. The van der Waals surface area contributed by atoms with Gasteiger partial charge in [0, 0.05) is 43.7 Å². The third-order valence-electron chi connectivity index (χ3n) is 5.16. The van der Waals surface area contributed by atoms with Gasteiger partial charge in [0.05, 0.1) is 17.0 Å². The van der Waals surface area contributed by atoms with E-state index >= 15 is 0 Å². The lowest BCUT2D eigenvalue weighted by Crippen LogP contribution is -2.36. The third kappa shape index (κ3) is 4.10. The molecule has 0 bridgehead atoms. The minimum Gasteiger partial charge on any atom is -0.310 e. The Labute approximate surface area is 167 Å². The fourth-order valence-corrected chi connectivity index (χ4v) is 3.51. The number of nitrogens with zero attached hydrogens (tertiary/aromatic N) is 3. The molecule has 0 saturated carbocycles. The van der Waals surface area contributed by atoms with Crippen molar-refractivity contribution in [2.24, 2.45) is 0 Å². The van der Waals surface area contributed by atoms with Gasteiger partial charge < -0.3 is 4.98 Å². The van der Waals surface area contributed by atoms with E-state index in [1.54, 1.807) is 12.3 Å². The summed E-state index contributed by atoms with van der Waals surface area (Å²) >= 11 is 0. The van der Waals surface area contributed by atoms with Gasteiger partial charge in [-0.3, -0.25) is 14.7 Å². The van der Waals surface area contributed by atoms with Gasteiger partial charge in [-0.2, -0.15) is 0 Å². The summed E-state index contributed by atoms with van der Waals surface area (Å²) in [5.74, 6) is -0.843. The van der Waals surface area contributed by atoms with Crippen LogP contribution < -0.4 is 5.56 Å². The van der Waals surface area contributed by atoms with Crippen molar-refractivity contribution in [3.05, 3.63) is 81.2 Å². The second-order valence-corrected chi connectivity index (χ2v) is 7.67. The van der Waals surface area contributed by atoms with Crippen molar-refractivity contribution >= 4 is 0 Å². The Morgan fingerprint density at radius 1 is 1.17 bits per heavy atom. The van der Waals surface area contributed by atoms with Gasteiger partial charge in [0.2, 0.25) is 0 Å². The molecule has 3 heterocycles. The standard InChI is InChI=1S/C22H22F2N4O/c1-13(2)21-26-20-7-8-28(12-16(20)22(29)27-21)11-14-3-6-19(25-10-14)15-4-5-17(23)18(24)9-15/h3-6,9-10,13H,7-8,11-12H2,1-2H3,(H,26,27,29). The molecule has 0 saturated heterocycles. The van der Waals surface area contributed by atoms with Crippen LogP contribution >= 0.6 is 0 Å². The zero-order valence-electron chi connectivity index (χ0n) is 16.4. The first-order chi connectivity index (χ1) is 13.9. The third-order valence-corrected chi connectivity index (χ3v) is 5.16. The molecular formula is C22H22F2N4O. The number of fused-ring (bicyclic) bond motifs is 1. The van der Waals surface area contributed by atoms with Crippen LogP contribution in [0.4, 0.5) is 8.78 Å². The van der Waals surface area contributed by atoms with Crippen LogP contribution in [0.3, 0.4) is 0 Å². The van der Waals surface area contributed by atoms with Gasteiger partial charge in [-0.1, -0.05) is 19.9 Å². The molecule has 1 N–H and O–H groups in total. The van der Waals surface area contributed by atoms with Crippen molar-refractivity contribution in [3.8, 4) is 11.3 Å². The molecule has 1 aromatic carbocycles. The molecular weight excluding hydrogens is 374 g/mol. The minimum absolute atomic E-state index is 0.0600. The number of hydrogen-bond donors (Lipinski definition) is 1. The molecule has 29 heavy (non-hydrogen) atoms. The summed E-state index contributed by atoms with van der Waals surface area (Å²) in [6, 6.07) is 7.46. The van der Waals surface area contributed by atoms with Gasteiger partial charge in [0.25, 0.3) is 5.56 Å². The van der Waals surface area contributed by atoms with E-state index in [0.717, 1.165) is 47.7 Å². The van der Waals surface area contributed by atoms with E-state index in [4.69, 9.17) is 0 Å². The largest absolute Gasteiger partial charge is 0.310 e. The van der Waals surface area contributed by atoms with Crippen LogP contribution in [0.5, 0.6) is 0 Å². The van der Waals surface area contributed by atoms with Crippen LogP contribution in [0.2, 0.25) is 0 Å². The van der Waals surface area contributed by atoms with Gasteiger partial charge in [0.1, 0.15) is 5.82 Å². The molecule has 2 aromatic heterocycles. The fourth-order valence-electron chi connectivity index (χ4n) is 3.51. The first-order valence-electron chi connectivity index (χ1n) is 9.65. The highest BCUT2D eigenvalue weighted by molar-refractivity contribution is 5.59. The molecule has 1 aliphatic heterocycles. The summed E-state index contributed by atoms with van der Waals surface area (Å²) in [5, 5.41) is 0. The highest BCUT2D eigenvalue weighted by Gasteiger charge is 2.22. The number of benzene rings is 1. The Kier molecular flexibility index (Phi) is 5.24. The SMILES string of the molecule is CC(C)c1nc2c(c(=O)[nH]1)CN(Cc1ccc(-c3ccc(F)c(F)c3)nc1)CC2. The van der Waals surface area contributed by atoms with Gasteiger partial charge in [-0.25, -0.2) is 13.8 Å². The number of hydrogen-bond acceptors (Lipinski definition) is 4. The Morgan fingerprint density at radius 2 is 2.00 bits per heavy atom. The number of rotatable bonds is 4. The fraction of sp³-hybridized carbons (Fsp3) is 0.318. The van der Waals surface area contributed by atoms with E-state index in [9.17, 15) is 13.6 Å². The molecule has 0 atom stereocenters. The van der Waals surface area contributed by atoms with Crippen molar-refractivity contribution in [2.45, 2.75) is 39.3 Å². The summed E-state index contributed by atoms with van der Waals surface area (Å²) in [7, 11) is 0. The summed E-state index contributed by atoms with van der Waals surface area (Å²) in [6.07, 6.45) is 2.47. The van der Waals surface area contributed by atoms with E-state index < -0.39 is 11.6 Å². The van der Waals surface area contributed by atoms with E-state index in [1.807, 2.05) is 19.9 Å². The van der Waals surface area contributed by atoms with Gasteiger partial charge in [0.15, 0.2) is 11.6 Å². The molecule has 0 fully saturated rings. The van der Waals surface area contributed by atoms with Crippen LogP contribution in [-0.4, -0.2) is 26.4 Å². The Balaban J connectivity index is 1.48. The maximum atomic E-state index is 13.4.